The zero-order valence-corrected chi connectivity index (χ0v) is 8.96. The number of nitrogens with one attached hydrogen (secondary N) is 1. The van der Waals surface area contributed by atoms with Gasteiger partial charge in [0.05, 0.1) is 0 Å². The summed E-state index contributed by atoms with van der Waals surface area (Å²) in [5, 5.41) is 2.40. The summed E-state index contributed by atoms with van der Waals surface area (Å²) < 4.78 is 0. The molecule has 0 saturated heterocycles. The number of aromatic nitrogens is 2. The van der Waals surface area contributed by atoms with Crippen LogP contribution in [0.15, 0.2) is 36.7 Å². The molecule has 1 N–H and O–H groups in total. The Labute approximate surface area is 92.7 Å². The first-order chi connectivity index (χ1) is 7.38. The molecule has 3 rings (SSSR count). The van der Waals surface area contributed by atoms with Crippen LogP contribution >= 0.6 is 12.6 Å². The van der Waals surface area contributed by atoms with E-state index in [1.165, 1.54) is 16.3 Å². The minimum absolute atomic E-state index is 0.767. The van der Waals surface area contributed by atoms with Gasteiger partial charge in [0.1, 0.15) is 0 Å². The lowest BCUT2D eigenvalue weighted by Crippen LogP contribution is -1.76. The summed E-state index contributed by atoms with van der Waals surface area (Å²) >= 11 is 4.29. The molecule has 2 heterocycles. The summed E-state index contributed by atoms with van der Waals surface area (Å²) in [5.41, 5.74) is 3.52. The molecule has 0 radical (unpaired) electrons. The average molecular weight is 214 g/mol. The maximum absolute atomic E-state index is 4.29. The molecule has 2 aromatic heterocycles. The van der Waals surface area contributed by atoms with Gasteiger partial charge in [-0.15, -0.1) is 0 Å². The molecule has 0 atom stereocenters. The highest BCUT2D eigenvalue weighted by Crippen LogP contribution is 2.25. The molecule has 0 amide bonds. The van der Waals surface area contributed by atoms with Crippen LogP contribution in [0.1, 0.15) is 5.56 Å². The topological polar surface area (TPSA) is 28.7 Å². The molecular formula is C12H10N2S. The zero-order chi connectivity index (χ0) is 10.3. The van der Waals surface area contributed by atoms with E-state index >= 15 is 0 Å². The number of pyridine rings is 1. The van der Waals surface area contributed by atoms with Crippen molar-refractivity contribution in [3.05, 3.63) is 42.2 Å². The summed E-state index contributed by atoms with van der Waals surface area (Å²) in [6.45, 7) is 0. The summed E-state index contributed by atoms with van der Waals surface area (Å²) in [6.07, 6.45) is 3.70. The van der Waals surface area contributed by atoms with Gasteiger partial charge in [-0.2, -0.15) is 12.6 Å². The van der Waals surface area contributed by atoms with E-state index in [4.69, 9.17) is 0 Å². The van der Waals surface area contributed by atoms with Crippen molar-refractivity contribution >= 4 is 34.4 Å². The number of rotatable bonds is 1. The van der Waals surface area contributed by atoms with Crippen LogP contribution in [0.25, 0.3) is 21.8 Å². The van der Waals surface area contributed by atoms with Gasteiger partial charge in [-0.05, 0) is 23.8 Å². The quantitative estimate of drug-likeness (QED) is 0.598. The Morgan fingerprint density at radius 3 is 2.87 bits per heavy atom. The molecule has 3 heteroatoms. The van der Waals surface area contributed by atoms with Gasteiger partial charge in [-0.25, -0.2) is 0 Å². The molecule has 2 nitrogen and oxygen atoms in total. The van der Waals surface area contributed by atoms with Gasteiger partial charge in [0.15, 0.2) is 0 Å². The van der Waals surface area contributed by atoms with Gasteiger partial charge < -0.3 is 4.98 Å². The Hall–Kier alpha value is -1.48. The molecule has 0 aliphatic rings. The fraction of sp³-hybridized carbons (Fsp3) is 0.0833. The van der Waals surface area contributed by atoms with Crippen LogP contribution in [0.2, 0.25) is 0 Å². The summed E-state index contributed by atoms with van der Waals surface area (Å²) in [6, 6.07) is 8.36. The SMILES string of the molecule is SCc1ccc2[nH]c3ccncc3c2c1. The third kappa shape index (κ3) is 1.31. The third-order valence-corrected chi connectivity index (χ3v) is 3.01. The predicted octanol–water partition coefficient (Wildman–Crippen LogP) is 3.15. The van der Waals surface area contributed by atoms with Crippen molar-refractivity contribution in [1.29, 1.82) is 0 Å². The minimum Gasteiger partial charge on any atom is -0.354 e. The number of fused-ring (bicyclic) bond motifs is 3. The van der Waals surface area contributed by atoms with Crippen LogP contribution in [-0.4, -0.2) is 9.97 Å². The van der Waals surface area contributed by atoms with E-state index in [-0.39, 0.29) is 0 Å². The highest BCUT2D eigenvalue weighted by atomic mass is 32.1. The largest absolute Gasteiger partial charge is 0.354 e. The van der Waals surface area contributed by atoms with Crippen LogP contribution in [0.3, 0.4) is 0 Å². The first-order valence-electron chi connectivity index (χ1n) is 4.83. The molecule has 3 aromatic rings. The number of nitrogens with zero attached hydrogens (tertiary/aromatic N) is 1. The number of aromatic amines is 1. The zero-order valence-electron chi connectivity index (χ0n) is 8.07. The van der Waals surface area contributed by atoms with Crippen LogP contribution in [0.4, 0.5) is 0 Å². The van der Waals surface area contributed by atoms with E-state index in [1.54, 1.807) is 6.20 Å². The Morgan fingerprint density at radius 1 is 1.13 bits per heavy atom. The van der Waals surface area contributed by atoms with E-state index in [0.29, 0.717) is 0 Å². The smallest absolute Gasteiger partial charge is 0.0495 e. The van der Waals surface area contributed by atoms with Crippen LogP contribution in [0, 0.1) is 0 Å². The minimum atomic E-state index is 0.767. The average Bonchev–Trinajstić information content (AvgIpc) is 2.66. The van der Waals surface area contributed by atoms with Gasteiger partial charge in [0, 0.05) is 40.0 Å². The fourth-order valence-corrected chi connectivity index (χ4v) is 2.08. The maximum Gasteiger partial charge on any atom is 0.0495 e. The van der Waals surface area contributed by atoms with Gasteiger partial charge in [0.25, 0.3) is 0 Å². The number of hydrogen-bond acceptors (Lipinski definition) is 2. The van der Waals surface area contributed by atoms with Crippen molar-refractivity contribution in [2.75, 3.05) is 0 Å². The van der Waals surface area contributed by atoms with Gasteiger partial charge >= 0.3 is 0 Å². The van der Waals surface area contributed by atoms with E-state index in [9.17, 15) is 0 Å². The van der Waals surface area contributed by atoms with E-state index < -0.39 is 0 Å². The van der Waals surface area contributed by atoms with Crippen molar-refractivity contribution in [3.63, 3.8) is 0 Å². The Bertz CT molecular complexity index is 628. The lowest BCUT2D eigenvalue weighted by atomic mass is 10.1. The number of benzene rings is 1. The number of thiol groups is 1. The number of hydrogen-bond donors (Lipinski definition) is 2. The molecule has 0 bridgehead atoms. The summed E-state index contributed by atoms with van der Waals surface area (Å²) in [5.74, 6) is 0.767. The maximum atomic E-state index is 4.29. The lowest BCUT2D eigenvalue weighted by Gasteiger charge is -1.95. The molecule has 0 aliphatic carbocycles. The Kier molecular flexibility index (Phi) is 1.92. The highest BCUT2D eigenvalue weighted by Gasteiger charge is 2.03. The molecule has 15 heavy (non-hydrogen) atoms. The summed E-state index contributed by atoms with van der Waals surface area (Å²) in [4.78, 5) is 7.52. The lowest BCUT2D eigenvalue weighted by molar-refractivity contribution is 1.36. The predicted molar refractivity (Wildman–Crippen MR) is 66.3 cm³/mol. The fourth-order valence-electron chi connectivity index (χ4n) is 1.88. The van der Waals surface area contributed by atoms with E-state index in [1.807, 2.05) is 12.3 Å². The van der Waals surface area contributed by atoms with Crippen LogP contribution in [-0.2, 0) is 5.75 Å². The summed E-state index contributed by atoms with van der Waals surface area (Å²) in [7, 11) is 0. The highest BCUT2D eigenvalue weighted by molar-refractivity contribution is 7.79. The molecular weight excluding hydrogens is 204 g/mol. The van der Waals surface area contributed by atoms with E-state index in [0.717, 1.165) is 16.8 Å². The second-order valence-corrected chi connectivity index (χ2v) is 3.90. The monoisotopic (exact) mass is 214 g/mol. The van der Waals surface area contributed by atoms with Crippen molar-refractivity contribution in [2.24, 2.45) is 0 Å². The van der Waals surface area contributed by atoms with Crippen LogP contribution < -0.4 is 0 Å². The third-order valence-electron chi connectivity index (χ3n) is 2.65. The van der Waals surface area contributed by atoms with Crippen molar-refractivity contribution < 1.29 is 0 Å². The molecule has 0 spiro atoms. The normalized spacial score (nSPS) is 11.3. The van der Waals surface area contributed by atoms with Crippen molar-refractivity contribution in [3.8, 4) is 0 Å². The molecule has 0 unspecified atom stereocenters. The van der Waals surface area contributed by atoms with E-state index in [2.05, 4.69) is 40.8 Å². The molecule has 0 aliphatic heterocycles. The molecule has 0 fully saturated rings. The Morgan fingerprint density at radius 2 is 2.00 bits per heavy atom. The molecule has 1 aromatic carbocycles. The Balaban J connectivity index is 2.46. The standard InChI is InChI=1S/C12H10N2S/c15-7-8-1-2-11-9(5-8)10-6-13-4-3-12(10)14-11/h1-6,14-15H,7H2. The second kappa shape index (κ2) is 3.28. The van der Waals surface area contributed by atoms with Gasteiger partial charge in [0.2, 0.25) is 0 Å². The first-order valence-corrected chi connectivity index (χ1v) is 5.47. The second-order valence-electron chi connectivity index (χ2n) is 3.58. The molecule has 0 saturated carbocycles. The number of H-pyrrole nitrogens is 1. The van der Waals surface area contributed by atoms with Crippen molar-refractivity contribution in [1.82, 2.24) is 9.97 Å². The van der Waals surface area contributed by atoms with Crippen molar-refractivity contribution in [2.45, 2.75) is 5.75 Å². The van der Waals surface area contributed by atoms with Gasteiger partial charge in [-0.3, -0.25) is 4.98 Å². The van der Waals surface area contributed by atoms with Crippen LogP contribution in [0.5, 0.6) is 0 Å². The van der Waals surface area contributed by atoms with Gasteiger partial charge in [-0.1, -0.05) is 6.07 Å². The molecule has 74 valence electrons. The first kappa shape index (κ1) is 8.80.